The van der Waals surface area contributed by atoms with E-state index in [0.29, 0.717) is 18.1 Å². The molecule has 0 saturated carbocycles. The second kappa shape index (κ2) is 5.92. The molecule has 0 radical (unpaired) electrons. The molecule has 1 fully saturated rings. The third-order valence-corrected chi connectivity index (χ3v) is 4.34. The van der Waals surface area contributed by atoms with Gasteiger partial charge in [-0.1, -0.05) is 17.7 Å². The third kappa shape index (κ3) is 3.28. The van der Waals surface area contributed by atoms with Crippen molar-refractivity contribution in [2.75, 3.05) is 13.7 Å². The van der Waals surface area contributed by atoms with E-state index in [1.807, 2.05) is 18.2 Å². The number of ether oxygens (including phenoxy) is 1. The Kier molecular flexibility index (Phi) is 4.47. The van der Waals surface area contributed by atoms with Crippen LogP contribution in [-0.4, -0.2) is 30.4 Å². The fourth-order valence-electron chi connectivity index (χ4n) is 2.11. The summed E-state index contributed by atoms with van der Waals surface area (Å²) in [7, 11) is 1.34. The SMILES string of the molecule is COC(=O)C1CC(=O)N(Cc2ccc(Br)c(Cl)c2)C1. The fraction of sp³-hybridized carbons (Fsp3) is 0.385. The molecule has 0 spiro atoms. The first-order valence-corrected chi connectivity index (χ1v) is 6.98. The first-order valence-electron chi connectivity index (χ1n) is 5.80. The van der Waals surface area contributed by atoms with Crippen LogP contribution in [0.2, 0.25) is 5.02 Å². The number of rotatable bonds is 3. The highest BCUT2D eigenvalue weighted by atomic mass is 79.9. The molecule has 1 aromatic carbocycles. The zero-order valence-electron chi connectivity index (χ0n) is 10.4. The van der Waals surface area contributed by atoms with Gasteiger partial charge in [-0.25, -0.2) is 0 Å². The lowest BCUT2D eigenvalue weighted by atomic mass is 10.1. The van der Waals surface area contributed by atoms with Crippen molar-refractivity contribution in [3.05, 3.63) is 33.3 Å². The molecule has 0 aliphatic carbocycles. The van der Waals surface area contributed by atoms with Crippen LogP contribution in [0, 0.1) is 5.92 Å². The van der Waals surface area contributed by atoms with Gasteiger partial charge in [-0.15, -0.1) is 0 Å². The quantitative estimate of drug-likeness (QED) is 0.791. The smallest absolute Gasteiger partial charge is 0.310 e. The summed E-state index contributed by atoms with van der Waals surface area (Å²) >= 11 is 9.33. The van der Waals surface area contributed by atoms with E-state index >= 15 is 0 Å². The van der Waals surface area contributed by atoms with E-state index in [0.717, 1.165) is 10.0 Å². The van der Waals surface area contributed by atoms with Crippen molar-refractivity contribution < 1.29 is 14.3 Å². The van der Waals surface area contributed by atoms with Crippen molar-refractivity contribution >= 4 is 39.4 Å². The van der Waals surface area contributed by atoms with Crippen LogP contribution in [0.1, 0.15) is 12.0 Å². The van der Waals surface area contributed by atoms with Crippen LogP contribution < -0.4 is 0 Å². The minimum absolute atomic E-state index is 0.0329. The predicted molar refractivity (Wildman–Crippen MR) is 74.7 cm³/mol. The molecule has 1 aliphatic rings. The molecule has 6 heteroatoms. The van der Waals surface area contributed by atoms with Crippen LogP contribution in [-0.2, 0) is 20.9 Å². The highest BCUT2D eigenvalue weighted by Gasteiger charge is 2.34. The summed E-state index contributed by atoms with van der Waals surface area (Å²) in [5, 5.41) is 0.605. The van der Waals surface area contributed by atoms with Gasteiger partial charge in [0.1, 0.15) is 0 Å². The van der Waals surface area contributed by atoms with E-state index in [1.54, 1.807) is 4.90 Å². The predicted octanol–water partition coefficient (Wildman–Crippen LogP) is 2.62. The molecule has 1 heterocycles. The molecule has 1 atom stereocenters. The maximum Gasteiger partial charge on any atom is 0.310 e. The Labute approximate surface area is 124 Å². The number of carbonyl (C=O) groups excluding carboxylic acids is 2. The Balaban J connectivity index is 2.05. The molecular formula is C13H13BrClNO3. The summed E-state index contributed by atoms with van der Waals surface area (Å²) < 4.78 is 5.49. The van der Waals surface area contributed by atoms with Crippen LogP contribution in [0.4, 0.5) is 0 Å². The largest absolute Gasteiger partial charge is 0.469 e. The highest BCUT2D eigenvalue weighted by Crippen LogP contribution is 2.26. The summed E-state index contributed by atoms with van der Waals surface area (Å²) in [4.78, 5) is 24.9. The normalized spacial score (nSPS) is 18.8. The molecule has 102 valence electrons. The van der Waals surface area contributed by atoms with Crippen molar-refractivity contribution in [1.82, 2.24) is 4.90 Å². The lowest BCUT2D eigenvalue weighted by Gasteiger charge is -2.16. The second-order valence-electron chi connectivity index (χ2n) is 4.45. The van der Waals surface area contributed by atoms with Crippen LogP contribution in [0.5, 0.6) is 0 Å². The maximum atomic E-state index is 11.8. The zero-order chi connectivity index (χ0) is 14.0. The molecule has 0 N–H and O–H groups in total. The standard InChI is InChI=1S/C13H13BrClNO3/c1-19-13(18)9-5-12(17)16(7-9)6-8-2-3-10(14)11(15)4-8/h2-4,9H,5-7H2,1H3. The van der Waals surface area contributed by atoms with Gasteiger partial charge in [0, 0.05) is 24.0 Å². The molecule has 2 rings (SSSR count). The van der Waals surface area contributed by atoms with Crippen molar-refractivity contribution in [1.29, 1.82) is 0 Å². The lowest BCUT2D eigenvalue weighted by Crippen LogP contribution is -2.26. The van der Waals surface area contributed by atoms with Crippen LogP contribution in [0.3, 0.4) is 0 Å². The van der Waals surface area contributed by atoms with Gasteiger partial charge in [-0.3, -0.25) is 9.59 Å². The van der Waals surface area contributed by atoms with Gasteiger partial charge in [0.2, 0.25) is 5.91 Å². The second-order valence-corrected chi connectivity index (χ2v) is 5.71. The number of amides is 1. The first kappa shape index (κ1) is 14.3. The number of hydrogen-bond acceptors (Lipinski definition) is 3. The Morgan fingerprint density at radius 1 is 1.58 bits per heavy atom. The highest BCUT2D eigenvalue weighted by molar-refractivity contribution is 9.10. The number of hydrogen-bond donors (Lipinski definition) is 0. The van der Waals surface area contributed by atoms with Crippen molar-refractivity contribution in [3.8, 4) is 0 Å². The third-order valence-electron chi connectivity index (χ3n) is 3.11. The molecule has 1 aliphatic heterocycles. The average Bonchev–Trinajstić information content (AvgIpc) is 2.74. The van der Waals surface area contributed by atoms with Gasteiger partial charge in [0.05, 0.1) is 18.1 Å². The van der Waals surface area contributed by atoms with Gasteiger partial charge in [0.25, 0.3) is 0 Å². The van der Waals surface area contributed by atoms with E-state index in [2.05, 4.69) is 20.7 Å². The van der Waals surface area contributed by atoms with E-state index in [1.165, 1.54) is 7.11 Å². The van der Waals surface area contributed by atoms with E-state index in [-0.39, 0.29) is 24.2 Å². The lowest BCUT2D eigenvalue weighted by molar-refractivity contribution is -0.145. The van der Waals surface area contributed by atoms with Crippen LogP contribution in [0.15, 0.2) is 22.7 Å². The molecule has 1 amide bonds. The Bertz CT molecular complexity index is 521. The Morgan fingerprint density at radius 3 is 2.95 bits per heavy atom. The fourth-order valence-corrected chi connectivity index (χ4v) is 2.56. The molecule has 0 aromatic heterocycles. The summed E-state index contributed by atoms with van der Waals surface area (Å²) in [5.74, 6) is -0.720. The molecule has 4 nitrogen and oxygen atoms in total. The minimum atomic E-state index is -0.358. The van der Waals surface area contributed by atoms with E-state index < -0.39 is 0 Å². The Morgan fingerprint density at radius 2 is 2.32 bits per heavy atom. The van der Waals surface area contributed by atoms with Gasteiger partial charge in [0.15, 0.2) is 0 Å². The van der Waals surface area contributed by atoms with Gasteiger partial charge >= 0.3 is 5.97 Å². The van der Waals surface area contributed by atoms with Gasteiger partial charge in [-0.2, -0.15) is 0 Å². The van der Waals surface area contributed by atoms with Crippen LogP contribution in [0.25, 0.3) is 0 Å². The maximum absolute atomic E-state index is 11.8. The first-order chi connectivity index (χ1) is 9.01. The number of halogens is 2. The topological polar surface area (TPSA) is 46.6 Å². The molecule has 1 saturated heterocycles. The number of benzene rings is 1. The molecule has 1 aromatic rings. The zero-order valence-corrected chi connectivity index (χ0v) is 12.7. The van der Waals surface area contributed by atoms with E-state index in [4.69, 9.17) is 11.6 Å². The number of carbonyl (C=O) groups is 2. The Hall–Kier alpha value is -1.07. The van der Waals surface area contributed by atoms with Crippen LogP contribution >= 0.6 is 27.5 Å². The molecule has 0 bridgehead atoms. The summed E-state index contributed by atoms with van der Waals surface area (Å²) in [6.07, 6.45) is 0.219. The van der Waals surface area contributed by atoms with Crippen molar-refractivity contribution in [2.45, 2.75) is 13.0 Å². The molecule has 19 heavy (non-hydrogen) atoms. The number of esters is 1. The number of likely N-dealkylation sites (tertiary alicyclic amines) is 1. The monoisotopic (exact) mass is 345 g/mol. The summed E-state index contributed by atoms with van der Waals surface area (Å²) in [5.41, 5.74) is 0.937. The number of methoxy groups -OCH3 is 1. The number of nitrogens with zero attached hydrogens (tertiary/aromatic N) is 1. The van der Waals surface area contributed by atoms with Crippen molar-refractivity contribution in [2.24, 2.45) is 5.92 Å². The van der Waals surface area contributed by atoms with E-state index in [9.17, 15) is 9.59 Å². The van der Waals surface area contributed by atoms with Gasteiger partial charge in [-0.05, 0) is 33.6 Å². The summed E-state index contributed by atoms with van der Waals surface area (Å²) in [6.45, 7) is 0.860. The average molecular weight is 347 g/mol. The van der Waals surface area contributed by atoms with Gasteiger partial charge < -0.3 is 9.64 Å². The minimum Gasteiger partial charge on any atom is -0.469 e. The van der Waals surface area contributed by atoms with Crippen molar-refractivity contribution in [3.63, 3.8) is 0 Å². The molecular weight excluding hydrogens is 334 g/mol. The molecule has 1 unspecified atom stereocenters. The summed E-state index contributed by atoms with van der Waals surface area (Å²) in [6, 6.07) is 5.55.